The topological polar surface area (TPSA) is 108 Å². The van der Waals surface area contributed by atoms with Crippen LogP contribution < -0.4 is 9.47 Å². The SMILES string of the molecule is CC(=O)O[C@@H](c1ccc2c(c1)OCO2)[C@H]1COC(=O)N1C(CC(C)C)S(=O)(=O)c1ccccc1. The number of benzene rings is 2. The molecule has 0 aliphatic carbocycles. The molecule has 1 unspecified atom stereocenters. The van der Waals surface area contributed by atoms with E-state index in [9.17, 15) is 18.0 Å². The molecule has 1 fully saturated rings. The largest absolute Gasteiger partial charge is 0.455 e. The number of amides is 1. The summed E-state index contributed by atoms with van der Waals surface area (Å²) in [4.78, 5) is 26.3. The Morgan fingerprint density at radius 2 is 1.79 bits per heavy atom. The van der Waals surface area contributed by atoms with Crippen LogP contribution in [0.4, 0.5) is 4.79 Å². The third-order valence-corrected chi connectivity index (χ3v) is 7.79. The number of carbonyl (C=O) groups is 2. The molecule has 0 saturated carbocycles. The van der Waals surface area contributed by atoms with Crippen LogP contribution in [0.3, 0.4) is 0 Å². The molecule has 0 bridgehead atoms. The average molecular weight is 490 g/mol. The van der Waals surface area contributed by atoms with Crippen molar-refractivity contribution in [2.24, 2.45) is 5.92 Å². The van der Waals surface area contributed by atoms with Crippen molar-refractivity contribution in [3.63, 3.8) is 0 Å². The maximum absolute atomic E-state index is 13.7. The van der Waals surface area contributed by atoms with Gasteiger partial charge in [0, 0.05) is 6.92 Å². The monoisotopic (exact) mass is 489 g/mol. The van der Waals surface area contributed by atoms with Gasteiger partial charge in [-0.25, -0.2) is 13.2 Å². The molecule has 2 heterocycles. The third-order valence-electron chi connectivity index (χ3n) is 5.73. The van der Waals surface area contributed by atoms with E-state index in [1.54, 1.807) is 36.4 Å². The lowest BCUT2D eigenvalue weighted by molar-refractivity contribution is -0.149. The van der Waals surface area contributed by atoms with E-state index in [0.29, 0.717) is 17.1 Å². The molecule has 2 aliphatic heterocycles. The second-order valence-electron chi connectivity index (χ2n) is 8.64. The summed E-state index contributed by atoms with van der Waals surface area (Å²) in [5.41, 5.74) is 0.535. The van der Waals surface area contributed by atoms with E-state index in [4.69, 9.17) is 18.9 Å². The highest BCUT2D eigenvalue weighted by Gasteiger charge is 2.49. The zero-order valence-electron chi connectivity index (χ0n) is 19.2. The number of hydrogen-bond acceptors (Lipinski definition) is 8. The predicted molar refractivity (Wildman–Crippen MR) is 121 cm³/mol. The molecule has 9 nitrogen and oxygen atoms in total. The minimum atomic E-state index is -3.96. The first-order valence-electron chi connectivity index (χ1n) is 11.0. The zero-order valence-corrected chi connectivity index (χ0v) is 20.0. The van der Waals surface area contributed by atoms with E-state index in [1.807, 2.05) is 13.8 Å². The van der Waals surface area contributed by atoms with Gasteiger partial charge in [0.25, 0.3) is 0 Å². The van der Waals surface area contributed by atoms with Crippen LogP contribution in [0.2, 0.25) is 0 Å². The second-order valence-corrected chi connectivity index (χ2v) is 10.7. The molecule has 0 aromatic heterocycles. The van der Waals surface area contributed by atoms with Crippen molar-refractivity contribution in [2.75, 3.05) is 13.4 Å². The highest BCUT2D eigenvalue weighted by atomic mass is 32.2. The molecule has 0 radical (unpaired) electrons. The smallest absolute Gasteiger partial charge is 0.411 e. The van der Waals surface area contributed by atoms with Gasteiger partial charge in [-0.15, -0.1) is 0 Å². The van der Waals surface area contributed by atoms with Gasteiger partial charge in [0.15, 0.2) is 27.4 Å². The molecule has 2 aromatic rings. The molecular formula is C24H27NO8S. The highest BCUT2D eigenvalue weighted by molar-refractivity contribution is 7.92. The Balaban J connectivity index is 1.77. The van der Waals surface area contributed by atoms with Crippen molar-refractivity contribution in [1.82, 2.24) is 4.90 Å². The van der Waals surface area contributed by atoms with Crippen molar-refractivity contribution in [3.8, 4) is 11.5 Å². The molecule has 4 rings (SSSR count). The minimum Gasteiger partial charge on any atom is -0.455 e. The van der Waals surface area contributed by atoms with Gasteiger partial charge in [-0.1, -0.05) is 38.1 Å². The number of ether oxygens (including phenoxy) is 4. The molecule has 0 spiro atoms. The van der Waals surface area contributed by atoms with Crippen LogP contribution in [0.5, 0.6) is 11.5 Å². The van der Waals surface area contributed by atoms with Gasteiger partial charge in [0.2, 0.25) is 6.79 Å². The summed E-state index contributed by atoms with van der Waals surface area (Å²) in [5.74, 6) is 0.399. The molecule has 10 heteroatoms. The van der Waals surface area contributed by atoms with Crippen LogP contribution in [0.1, 0.15) is 38.9 Å². The van der Waals surface area contributed by atoms with Gasteiger partial charge in [0.05, 0.1) is 4.90 Å². The summed E-state index contributed by atoms with van der Waals surface area (Å²) < 4.78 is 49.1. The Bertz CT molecular complexity index is 1160. The first-order valence-corrected chi connectivity index (χ1v) is 12.5. The zero-order chi connectivity index (χ0) is 24.5. The third kappa shape index (κ3) is 4.68. The molecule has 1 amide bonds. The predicted octanol–water partition coefficient (Wildman–Crippen LogP) is 3.69. The van der Waals surface area contributed by atoms with Crippen LogP contribution in [-0.2, 0) is 24.1 Å². The van der Waals surface area contributed by atoms with E-state index < -0.39 is 39.4 Å². The van der Waals surface area contributed by atoms with E-state index in [1.165, 1.54) is 24.0 Å². The standard InChI is InChI=1S/C24H27NO8S/c1-15(2)11-22(34(28,29)18-7-5-4-6-8-18)25-19(13-30-24(25)27)23(33-16(3)26)17-9-10-20-21(12-17)32-14-31-20/h4-10,12,15,19,22-23H,11,13-14H2,1-3H3/t19-,22?,23+/m1/s1. The number of fused-ring (bicyclic) bond motifs is 1. The van der Waals surface area contributed by atoms with Crippen molar-refractivity contribution in [3.05, 3.63) is 54.1 Å². The van der Waals surface area contributed by atoms with Gasteiger partial charge in [-0.3, -0.25) is 9.69 Å². The molecular weight excluding hydrogens is 462 g/mol. The maximum atomic E-state index is 13.7. The summed E-state index contributed by atoms with van der Waals surface area (Å²) in [5, 5.41) is -1.21. The summed E-state index contributed by atoms with van der Waals surface area (Å²) in [7, 11) is -3.96. The number of sulfone groups is 1. The van der Waals surface area contributed by atoms with E-state index >= 15 is 0 Å². The quantitative estimate of drug-likeness (QED) is 0.517. The van der Waals surface area contributed by atoms with Crippen LogP contribution in [-0.4, -0.2) is 50.2 Å². The lowest BCUT2D eigenvalue weighted by Crippen LogP contribution is -2.49. The van der Waals surface area contributed by atoms with E-state index in [-0.39, 0.29) is 30.6 Å². The number of hydrogen-bond donors (Lipinski definition) is 0. The second kappa shape index (κ2) is 9.54. The Morgan fingerprint density at radius 3 is 2.47 bits per heavy atom. The van der Waals surface area contributed by atoms with Crippen LogP contribution in [0, 0.1) is 5.92 Å². The number of carbonyl (C=O) groups excluding carboxylic acids is 2. The first-order chi connectivity index (χ1) is 16.2. The summed E-state index contributed by atoms with van der Waals surface area (Å²) in [6, 6.07) is 12.2. The van der Waals surface area contributed by atoms with Crippen LogP contribution in [0.25, 0.3) is 0 Å². The fourth-order valence-corrected chi connectivity index (χ4v) is 6.24. The lowest BCUT2D eigenvalue weighted by Gasteiger charge is -2.35. The van der Waals surface area contributed by atoms with Gasteiger partial charge in [0.1, 0.15) is 18.0 Å². The number of nitrogens with zero attached hydrogens (tertiary/aromatic N) is 1. The van der Waals surface area contributed by atoms with Gasteiger partial charge >= 0.3 is 12.1 Å². The van der Waals surface area contributed by atoms with Gasteiger partial charge in [-0.2, -0.15) is 0 Å². The molecule has 2 aromatic carbocycles. The molecule has 34 heavy (non-hydrogen) atoms. The average Bonchev–Trinajstić information content (AvgIpc) is 3.42. The van der Waals surface area contributed by atoms with Crippen molar-refractivity contribution < 1.29 is 37.0 Å². The number of cyclic esters (lactones) is 1. The Kier molecular flexibility index (Phi) is 6.70. The Labute approximate surface area is 198 Å². The summed E-state index contributed by atoms with van der Waals surface area (Å²) in [6.45, 7) is 4.95. The Hall–Kier alpha value is -3.27. The molecule has 182 valence electrons. The lowest BCUT2D eigenvalue weighted by atomic mass is 10.00. The Morgan fingerprint density at radius 1 is 1.09 bits per heavy atom. The van der Waals surface area contributed by atoms with E-state index in [0.717, 1.165) is 0 Å². The van der Waals surface area contributed by atoms with Crippen molar-refractivity contribution in [2.45, 2.75) is 49.6 Å². The maximum Gasteiger partial charge on any atom is 0.411 e. The van der Waals surface area contributed by atoms with Crippen LogP contribution >= 0.6 is 0 Å². The first kappa shape index (κ1) is 23.9. The summed E-state index contributed by atoms with van der Waals surface area (Å²) in [6.07, 6.45) is -1.57. The van der Waals surface area contributed by atoms with Gasteiger partial charge < -0.3 is 18.9 Å². The van der Waals surface area contributed by atoms with Crippen LogP contribution in [0.15, 0.2) is 53.4 Å². The molecule has 0 N–H and O–H groups in total. The summed E-state index contributed by atoms with van der Waals surface area (Å²) >= 11 is 0. The van der Waals surface area contributed by atoms with E-state index in [2.05, 4.69) is 0 Å². The normalized spacial score (nSPS) is 19.1. The molecule has 3 atom stereocenters. The fourth-order valence-electron chi connectivity index (χ4n) is 4.21. The molecule has 2 aliphatic rings. The number of esters is 1. The van der Waals surface area contributed by atoms with Gasteiger partial charge in [-0.05, 0) is 42.2 Å². The molecule has 1 saturated heterocycles. The minimum absolute atomic E-state index is 0.0461. The van der Waals surface area contributed by atoms with Crippen molar-refractivity contribution >= 4 is 21.9 Å². The fraction of sp³-hybridized carbons (Fsp3) is 0.417. The van der Waals surface area contributed by atoms with Crippen molar-refractivity contribution in [1.29, 1.82) is 0 Å². The number of rotatable bonds is 8. The highest BCUT2D eigenvalue weighted by Crippen LogP contribution is 2.39.